The number of aryl methyl sites for hydroxylation is 1. The van der Waals surface area contributed by atoms with Crippen molar-refractivity contribution in [3.63, 3.8) is 0 Å². The van der Waals surface area contributed by atoms with Gasteiger partial charge in [-0.25, -0.2) is 4.98 Å². The zero-order chi connectivity index (χ0) is 24.7. The van der Waals surface area contributed by atoms with E-state index >= 15 is 0 Å². The molecule has 1 aliphatic heterocycles. The fourth-order valence-electron chi connectivity index (χ4n) is 4.16. The molecule has 176 valence electrons. The highest BCUT2D eigenvalue weighted by Crippen LogP contribution is 2.45. The summed E-state index contributed by atoms with van der Waals surface area (Å²) in [7, 11) is 0. The number of amides is 1. The van der Waals surface area contributed by atoms with E-state index in [9.17, 15) is 19.8 Å². The summed E-state index contributed by atoms with van der Waals surface area (Å²) in [5.41, 5.74) is 2.49. The highest BCUT2D eigenvalue weighted by atomic mass is 32.1. The molecule has 1 fully saturated rings. The molecule has 1 aliphatic rings. The standard InChI is InChI=1S/C27H22N2O5S/c1-3-34-19-11-12-20-21(14-19)35-27(28-20)29-23(17-5-4-6-18(30)13-17)22(25(32)26(29)33)24(31)16-9-7-15(2)8-10-16/h4-14,23,30-31H,3H2,1-2H3/b24-22+. The van der Waals surface area contributed by atoms with Crippen LogP contribution in [0, 0.1) is 6.92 Å². The predicted octanol–water partition coefficient (Wildman–Crippen LogP) is 5.34. The molecular weight excluding hydrogens is 464 g/mol. The molecule has 1 unspecified atom stereocenters. The molecule has 0 saturated carbocycles. The molecule has 1 aromatic heterocycles. The number of rotatable bonds is 5. The Balaban J connectivity index is 1.70. The first-order chi connectivity index (χ1) is 16.9. The van der Waals surface area contributed by atoms with E-state index in [-0.39, 0.29) is 17.1 Å². The van der Waals surface area contributed by atoms with Crippen molar-refractivity contribution in [1.82, 2.24) is 4.98 Å². The first-order valence-electron chi connectivity index (χ1n) is 11.1. The molecule has 35 heavy (non-hydrogen) atoms. The van der Waals surface area contributed by atoms with E-state index < -0.39 is 17.7 Å². The zero-order valence-corrected chi connectivity index (χ0v) is 19.9. The van der Waals surface area contributed by atoms with Gasteiger partial charge in [-0.05, 0) is 49.7 Å². The Kier molecular flexibility index (Phi) is 5.74. The number of fused-ring (bicyclic) bond motifs is 1. The Labute approximate surface area is 205 Å². The number of ketones is 1. The van der Waals surface area contributed by atoms with Gasteiger partial charge in [-0.3, -0.25) is 14.5 Å². The van der Waals surface area contributed by atoms with Crippen LogP contribution >= 0.6 is 11.3 Å². The average Bonchev–Trinajstić information content (AvgIpc) is 3.37. The lowest BCUT2D eigenvalue weighted by atomic mass is 9.95. The third kappa shape index (κ3) is 4.02. The third-order valence-electron chi connectivity index (χ3n) is 5.82. The monoisotopic (exact) mass is 486 g/mol. The highest BCUT2D eigenvalue weighted by Gasteiger charge is 2.48. The maximum absolute atomic E-state index is 13.3. The van der Waals surface area contributed by atoms with Crippen LogP contribution in [-0.4, -0.2) is 33.5 Å². The fourth-order valence-corrected chi connectivity index (χ4v) is 5.18. The van der Waals surface area contributed by atoms with Crippen molar-refractivity contribution in [1.29, 1.82) is 0 Å². The van der Waals surface area contributed by atoms with E-state index in [0.717, 1.165) is 10.3 Å². The maximum Gasteiger partial charge on any atom is 0.301 e. The van der Waals surface area contributed by atoms with Crippen molar-refractivity contribution in [2.24, 2.45) is 0 Å². The smallest absolute Gasteiger partial charge is 0.301 e. The minimum absolute atomic E-state index is 0.0194. The Bertz CT molecular complexity index is 1490. The molecule has 5 rings (SSSR count). The number of hydrogen-bond acceptors (Lipinski definition) is 7. The number of carbonyl (C=O) groups excluding carboxylic acids is 2. The summed E-state index contributed by atoms with van der Waals surface area (Å²) in [6, 6.07) is 17.8. The molecule has 3 aromatic carbocycles. The van der Waals surface area contributed by atoms with Crippen molar-refractivity contribution in [2.45, 2.75) is 19.9 Å². The number of phenols is 1. The topological polar surface area (TPSA) is 100.0 Å². The predicted molar refractivity (Wildman–Crippen MR) is 135 cm³/mol. The summed E-state index contributed by atoms with van der Waals surface area (Å²) in [5.74, 6) is -1.23. The van der Waals surface area contributed by atoms with Crippen LogP contribution < -0.4 is 9.64 Å². The van der Waals surface area contributed by atoms with Gasteiger partial charge in [-0.2, -0.15) is 0 Å². The number of aliphatic hydroxyl groups is 1. The Morgan fingerprint density at radius 3 is 2.57 bits per heavy atom. The molecule has 4 aromatic rings. The van der Waals surface area contributed by atoms with Crippen LogP contribution in [0.4, 0.5) is 5.13 Å². The Morgan fingerprint density at radius 1 is 1.09 bits per heavy atom. The van der Waals surface area contributed by atoms with Crippen LogP contribution in [0.5, 0.6) is 11.5 Å². The first-order valence-corrected chi connectivity index (χ1v) is 11.9. The lowest BCUT2D eigenvalue weighted by Crippen LogP contribution is -2.29. The number of aliphatic hydroxyl groups excluding tert-OH is 1. The number of aromatic nitrogens is 1. The Morgan fingerprint density at radius 2 is 1.86 bits per heavy atom. The van der Waals surface area contributed by atoms with Gasteiger partial charge < -0.3 is 14.9 Å². The second-order valence-corrected chi connectivity index (χ2v) is 9.20. The lowest BCUT2D eigenvalue weighted by Gasteiger charge is -2.23. The molecule has 1 saturated heterocycles. The molecule has 0 aliphatic carbocycles. The molecule has 0 bridgehead atoms. The molecular formula is C27H22N2O5S. The van der Waals surface area contributed by atoms with Crippen LogP contribution in [0.2, 0.25) is 0 Å². The van der Waals surface area contributed by atoms with Gasteiger partial charge in [0.15, 0.2) is 5.13 Å². The third-order valence-corrected chi connectivity index (χ3v) is 6.84. The molecule has 0 spiro atoms. The quantitative estimate of drug-likeness (QED) is 0.225. The maximum atomic E-state index is 13.3. The van der Waals surface area contributed by atoms with Crippen LogP contribution in [0.25, 0.3) is 16.0 Å². The van der Waals surface area contributed by atoms with Crippen LogP contribution in [-0.2, 0) is 9.59 Å². The molecule has 2 N–H and O–H groups in total. The number of carbonyl (C=O) groups is 2. The largest absolute Gasteiger partial charge is 0.508 e. The molecule has 1 amide bonds. The number of anilines is 1. The number of nitrogens with zero attached hydrogens (tertiary/aromatic N) is 2. The number of hydrogen-bond donors (Lipinski definition) is 2. The molecule has 2 heterocycles. The molecule has 1 atom stereocenters. The summed E-state index contributed by atoms with van der Waals surface area (Å²) in [4.78, 5) is 32.5. The summed E-state index contributed by atoms with van der Waals surface area (Å²) < 4.78 is 6.36. The number of aromatic hydroxyl groups is 1. The van der Waals surface area contributed by atoms with E-state index in [2.05, 4.69) is 4.98 Å². The number of ether oxygens (including phenoxy) is 1. The van der Waals surface area contributed by atoms with Crippen LogP contribution in [0.15, 0.2) is 72.3 Å². The zero-order valence-electron chi connectivity index (χ0n) is 19.1. The number of thiazole rings is 1. The molecule has 8 heteroatoms. The van der Waals surface area contributed by atoms with Crippen molar-refractivity contribution >= 4 is 44.1 Å². The SMILES string of the molecule is CCOc1ccc2nc(N3C(=O)C(=O)/C(=C(/O)c4ccc(C)cc4)C3c3cccc(O)c3)sc2c1. The first kappa shape index (κ1) is 22.6. The van der Waals surface area contributed by atoms with E-state index in [1.165, 1.54) is 28.4 Å². The molecule has 7 nitrogen and oxygen atoms in total. The summed E-state index contributed by atoms with van der Waals surface area (Å²) >= 11 is 1.25. The van der Waals surface area contributed by atoms with Gasteiger partial charge >= 0.3 is 5.91 Å². The van der Waals surface area contributed by atoms with Gasteiger partial charge in [0.1, 0.15) is 17.3 Å². The van der Waals surface area contributed by atoms with E-state index in [1.54, 1.807) is 36.4 Å². The fraction of sp³-hybridized carbons (Fsp3) is 0.148. The minimum Gasteiger partial charge on any atom is -0.508 e. The van der Waals surface area contributed by atoms with Crippen LogP contribution in [0.3, 0.4) is 0 Å². The molecule has 0 radical (unpaired) electrons. The Hall–Kier alpha value is -4.17. The van der Waals surface area contributed by atoms with Crippen LogP contribution in [0.1, 0.15) is 29.7 Å². The minimum atomic E-state index is -0.963. The average molecular weight is 487 g/mol. The normalized spacial score (nSPS) is 17.3. The van der Waals surface area contributed by atoms with Gasteiger partial charge in [-0.1, -0.05) is 53.3 Å². The lowest BCUT2D eigenvalue weighted by molar-refractivity contribution is -0.132. The second kappa shape index (κ2) is 8.88. The summed E-state index contributed by atoms with van der Waals surface area (Å²) in [5, 5.41) is 21.6. The van der Waals surface area contributed by atoms with E-state index in [1.807, 2.05) is 32.0 Å². The van der Waals surface area contributed by atoms with Crippen molar-refractivity contribution in [2.75, 3.05) is 11.5 Å². The number of phenolic OH excluding ortho intramolecular Hbond substituents is 1. The number of benzene rings is 3. The summed E-state index contributed by atoms with van der Waals surface area (Å²) in [6.07, 6.45) is 0. The van der Waals surface area contributed by atoms with Crippen molar-refractivity contribution < 1.29 is 24.5 Å². The summed E-state index contributed by atoms with van der Waals surface area (Å²) in [6.45, 7) is 4.33. The van der Waals surface area contributed by atoms with E-state index in [4.69, 9.17) is 4.74 Å². The van der Waals surface area contributed by atoms with Gasteiger partial charge in [0.25, 0.3) is 5.78 Å². The van der Waals surface area contributed by atoms with Gasteiger partial charge in [0, 0.05) is 5.56 Å². The van der Waals surface area contributed by atoms with Crippen molar-refractivity contribution in [3.05, 3.63) is 89.0 Å². The van der Waals surface area contributed by atoms with Gasteiger partial charge in [0.05, 0.1) is 28.4 Å². The van der Waals surface area contributed by atoms with Gasteiger partial charge in [0.2, 0.25) is 0 Å². The van der Waals surface area contributed by atoms with Crippen molar-refractivity contribution in [3.8, 4) is 11.5 Å². The number of Topliss-reactive ketones (excluding diaryl/α,β-unsaturated/α-hetero) is 1. The van der Waals surface area contributed by atoms with Gasteiger partial charge in [-0.15, -0.1) is 0 Å². The second-order valence-electron chi connectivity index (χ2n) is 8.19. The van der Waals surface area contributed by atoms with E-state index in [0.29, 0.717) is 34.1 Å². The highest BCUT2D eigenvalue weighted by molar-refractivity contribution is 7.22.